The third kappa shape index (κ3) is 5.48. The molecule has 0 aliphatic heterocycles. The minimum Gasteiger partial charge on any atom is -0.496 e. The van der Waals surface area contributed by atoms with Gasteiger partial charge in [0.1, 0.15) is 5.75 Å². The van der Waals surface area contributed by atoms with Crippen molar-refractivity contribution >= 4 is 5.91 Å². The quantitative estimate of drug-likeness (QED) is 0.868. The first-order valence-corrected chi connectivity index (χ1v) is 5.97. The highest BCUT2D eigenvalue weighted by Gasteiger charge is 2.26. The number of carbonyl (C=O) groups is 1. The van der Waals surface area contributed by atoms with Gasteiger partial charge < -0.3 is 15.0 Å². The highest BCUT2D eigenvalue weighted by Crippen LogP contribution is 2.18. The summed E-state index contributed by atoms with van der Waals surface area (Å²) in [5, 5.41) is 2.07. The molecule has 0 aliphatic carbocycles. The average Bonchev–Trinajstić information content (AvgIpc) is 2.37. The molecule has 0 bridgehead atoms. The minimum absolute atomic E-state index is 0.274. The van der Waals surface area contributed by atoms with Gasteiger partial charge in [-0.2, -0.15) is 13.2 Å². The van der Waals surface area contributed by atoms with Crippen LogP contribution in [-0.2, 0) is 11.3 Å². The fourth-order valence-electron chi connectivity index (χ4n) is 1.62. The SMILES string of the molecule is COc1ccccc1CN(C)C(=O)CNCC(F)(F)F. The largest absolute Gasteiger partial charge is 0.496 e. The summed E-state index contributed by atoms with van der Waals surface area (Å²) >= 11 is 0. The number of benzene rings is 1. The number of amides is 1. The Morgan fingerprint density at radius 3 is 2.60 bits per heavy atom. The third-order valence-corrected chi connectivity index (χ3v) is 2.63. The zero-order chi connectivity index (χ0) is 15.2. The number of carbonyl (C=O) groups excluding carboxylic acids is 1. The van der Waals surface area contributed by atoms with Crippen LogP contribution in [0, 0.1) is 0 Å². The van der Waals surface area contributed by atoms with E-state index in [0.717, 1.165) is 5.56 Å². The van der Waals surface area contributed by atoms with Crippen molar-refractivity contribution in [1.82, 2.24) is 10.2 Å². The molecule has 1 rings (SSSR count). The van der Waals surface area contributed by atoms with Crippen LogP contribution < -0.4 is 10.1 Å². The Morgan fingerprint density at radius 1 is 1.35 bits per heavy atom. The normalized spacial score (nSPS) is 11.2. The number of para-hydroxylation sites is 1. The predicted molar refractivity (Wildman–Crippen MR) is 68.4 cm³/mol. The summed E-state index contributed by atoms with van der Waals surface area (Å²) < 4.78 is 41.0. The minimum atomic E-state index is -4.32. The summed E-state index contributed by atoms with van der Waals surface area (Å²) in [7, 11) is 3.05. The van der Waals surface area contributed by atoms with E-state index in [1.807, 2.05) is 0 Å². The summed E-state index contributed by atoms with van der Waals surface area (Å²) in [6.45, 7) is -1.26. The van der Waals surface area contributed by atoms with Crippen molar-refractivity contribution in [3.05, 3.63) is 29.8 Å². The third-order valence-electron chi connectivity index (χ3n) is 2.63. The van der Waals surface area contributed by atoms with E-state index in [1.165, 1.54) is 19.1 Å². The maximum atomic E-state index is 11.9. The molecule has 0 saturated carbocycles. The number of methoxy groups -OCH3 is 1. The van der Waals surface area contributed by atoms with Gasteiger partial charge in [-0.15, -0.1) is 0 Å². The molecule has 4 nitrogen and oxygen atoms in total. The van der Waals surface area contributed by atoms with Gasteiger partial charge in [0.25, 0.3) is 0 Å². The van der Waals surface area contributed by atoms with E-state index in [2.05, 4.69) is 5.32 Å². The van der Waals surface area contributed by atoms with Gasteiger partial charge >= 0.3 is 6.18 Å². The molecule has 1 amide bonds. The summed E-state index contributed by atoms with van der Waals surface area (Å²) in [6, 6.07) is 7.16. The van der Waals surface area contributed by atoms with Crippen LogP contribution in [0.3, 0.4) is 0 Å². The first kappa shape index (κ1) is 16.3. The Bertz CT molecular complexity index is 449. The number of alkyl halides is 3. The van der Waals surface area contributed by atoms with Gasteiger partial charge in [0, 0.05) is 19.2 Å². The van der Waals surface area contributed by atoms with Crippen molar-refractivity contribution in [2.45, 2.75) is 12.7 Å². The van der Waals surface area contributed by atoms with Crippen molar-refractivity contribution in [3.8, 4) is 5.75 Å². The van der Waals surface area contributed by atoms with Crippen LogP contribution in [0.5, 0.6) is 5.75 Å². The zero-order valence-electron chi connectivity index (χ0n) is 11.3. The zero-order valence-corrected chi connectivity index (χ0v) is 11.3. The first-order valence-electron chi connectivity index (χ1n) is 5.97. The van der Waals surface area contributed by atoms with Crippen LogP contribution in [0.15, 0.2) is 24.3 Å². The molecule has 0 aliphatic rings. The molecule has 1 aromatic carbocycles. The number of likely N-dealkylation sites (N-methyl/N-ethyl adjacent to an activating group) is 1. The Morgan fingerprint density at radius 2 is 2.00 bits per heavy atom. The summed E-state index contributed by atoms with van der Waals surface area (Å²) in [4.78, 5) is 13.0. The molecule has 0 fully saturated rings. The number of hydrogen-bond donors (Lipinski definition) is 1. The topological polar surface area (TPSA) is 41.6 Å². The van der Waals surface area contributed by atoms with E-state index < -0.39 is 18.6 Å². The molecule has 0 unspecified atom stereocenters. The van der Waals surface area contributed by atoms with Crippen molar-refractivity contribution in [3.63, 3.8) is 0 Å². The second-order valence-electron chi connectivity index (χ2n) is 4.28. The van der Waals surface area contributed by atoms with Gasteiger partial charge in [-0.05, 0) is 6.07 Å². The number of nitrogens with zero attached hydrogens (tertiary/aromatic N) is 1. The average molecular weight is 290 g/mol. The monoisotopic (exact) mass is 290 g/mol. The molecule has 0 spiro atoms. The lowest BCUT2D eigenvalue weighted by Gasteiger charge is -2.19. The second kappa shape index (κ2) is 7.14. The lowest BCUT2D eigenvalue weighted by molar-refractivity contribution is -0.133. The van der Waals surface area contributed by atoms with Crippen LogP contribution >= 0.6 is 0 Å². The van der Waals surface area contributed by atoms with E-state index >= 15 is 0 Å². The Balaban J connectivity index is 2.49. The number of hydrogen-bond acceptors (Lipinski definition) is 3. The van der Waals surface area contributed by atoms with Crippen molar-refractivity contribution in [1.29, 1.82) is 0 Å². The van der Waals surface area contributed by atoms with Gasteiger partial charge in [-0.1, -0.05) is 18.2 Å². The lowest BCUT2D eigenvalue weighted by atomic mass is 10.2. The summed E-state index contributed by atoms with van der Waals surface area (Å²) in [5.74, 6) is 0.218. The maximum absolute atomic E-state index is 11.9. The van der Waals surface area contributed by atoms with Crippen LogP contribution in [-0.4, -0.2) is 44.2 Å². The standard InChI is InChI=1S/C13H17F3N2O2/c1-18(12(19)7-17-9-13(14,15)16)8-10-5-3-4-6-11(10)20-2/h3-6,17H,7-9H2,1-2H3. The first-order chi connectivity index (χ1) is 9.33. The number of nitrogens with one attached hydrogen (secondary N) is 1. The summed E-state index contributed by atoms with van der Waals surface area (Å²) in [5.41, 5.74) is 0.793. The van der Waals surface area contributed by atoms with E-state index in [4.69, 9.17) is 4.74 Å². The van der Waals surface area contributed by atoms with Crippen LogP contribution in [0.4, 0.5) is 13.2 Å². The van der Waals surface area contributed by atoms with Crippen LogP contribution in [0.25, 0.3) is 0 Å². The molecular weight excluding hydrogens is 273 g/mol. The Hall–Kier alpha value is -1.76. The van der Waals surface area contributed by atoms with E-state index in [1.54, 1.807) is 24.3 Å². The molecule has 0 atom stereocenters. The highest BCUT2D eigenvalue weighted by atomic mass is 19.4. The fraction of sp³-hybridized carbons (Fsp3) is 0.462. The van der Waals surface area contributed by atoms with E-state index in [9.17, 15) is 18.0 Å². The van der Waals surface area contributed by atoms with Gasteiger partial charge in [-0.3, -0.25) is 4.79 Å². The molecule has 0 radical (unpaired) electrons. The van der Waals surface area contributed by atoms with Gasteiger partial charge in [0.15, 0.2) is 0 Å². The van der Waals surface area contributed by atoms with Gasteiger partial charge in [0.2, 0.25) is 5.91 Å². The van der Waals surface area contributed by atoms with Crippen LogP contribution in [0.1, 0.15) is 5.56 Å². The molecule has 1 aromatic rings. The second-order valence-corrected chi connectivity index (χ2v) is 4.28. The van der Waals surface area contributed by atoms with Crippen LogP contribution in [0.2, 0.25) is 0 Å². The molecule has 0 saturated heterocycles. The van der Waals surface area contributed by atoms with Gasteiger partial charge in [0.05, 0.1) is 20.2 Å². The van der Waals surface area contributed by atoms with Gasteiger partial charge in [-0.25, -0.2) is 0 Å². The molecule has 0 heterocycles. The molecule has 1 N–H and O–H groups in total. The fourth-order valence-corrected chi connectivity index (χ4v) is 1.62. The van der Waals surface area contributed by atoms with E-state index in [0.29, 0.717) is 5.75 Å². The lowest BCUT2D eigenvalue weighted by Crippen LogP contribution is -2.39. The number of rotatable bonds is 6. The summed E-state index contributed by atoms with van der Waals surface area (Å²) in [6.07, 6.45) is -4.32. The van der Waals surface area contributed by atoms with Crippen molar-refractivity contribution < 1.29 is 22.7 Å². The molecule has 20 heavy (non-hydrogen) atoms. The smallest absolute Gasteiger partial charge is 0.401 e. The molecule has 7 heteroatoms. The highest BCUT2D eigenvalue weighted by molar-refractivity contribution is 5.78. The maximum Gasteiger partial charge on any atom is 0.401 e. The molecule has 112 valence electrons. The van der Waals surface area contributed by atoms with Crippen molar-refractivity contribution in [2.75, 3.05) is 27.2 Å². The number of ether oxygens (including phenoxy) is 1. The predicted octanol–water partition coefficient (Wildman–Crippen LogP) is 1.81. The Kier molecular flexibility index (Phi) is 5.82. The Labute approximate surface area is 115 Å². The number of halogens is 3. The molecular formula is C13H17F3N2O2. The molecule has 0 aromatic heterocycles. The van der Waals surface area contributed by atoms with E-state index in [-0.39, 0.29) is 13.1 Å². The van der Waals surface area contributed by atoms with Crippen molar-refractivity contribution in [2.24, 2.45) is 0 Å².